The Hall–Kier alpha value is -2.16. The largest absolute Gasteiger partial charge is 0.233 e. The fraction of sp³-hybridized carbons (Fsp3) is 0.294. The van der Waals surface area contributed by atoms with Crippen LogP contribution in [0.15, 0.2) is 30.5 Å². The third kappa shape index (κ3) is 1.99. The van der Waals surface area contributed by atoms with Gasteiger partial charge in [-0.2, -0.15) is 5.10 Å². The molecule has 3 nitrogen and oxygen atoms in total. The highest BCUT2D eigenvalue weighted by Crippen LogP contribution is 2.30. The third-order valence-corrected chi connectivity index (χ3v) is 3.73. The van der Waals surface area contributed by atoms with Crippen LogP contribution in [0.5, 0.6) is 0 Å². The Bertz CT molecular complexity index is 784. The first-order valence-corrected chi connectivity index (χ1v) is 7.02. The fourth-order valence-electron chi connectivity index (χ4n) is 2.68. The maximum atomic E-state index is 4.75. The molecule has 3 heteroatoms. The molecule has 2 heterocycles. The number of nitrogens with zero attached hydrogens (tertiary/aromatic N) is 3. The molecule has 0 aliphatic rings. The molecule has 0 spiro atoms. The van der Waals surface area contributed by atoms with Gasteiger partial charge in [0.15, 0.2) is 5.65 Å². The summed E-state index contributed by atoms with van der Waals surface area (Å²) in [5.74, 6) is 0. The highest BCUT2D eigenvalue weighted by molar-refractivity contribution is 5.81. The standard InChI is InChI=1S/C17H19N3/c1-5-14-8-9-20-17(18-14)16(13(4)19-20)15-7-6-11(2)10-12(15)3/h6-10H,5H2,1-4H3. The summed E-state index contributed by atoms with van der Waals surface area (Å²) in [6.45, 7) is 8.44. The maximum absolute atomic E-state index is 4.75. The monoisotopic (exact) mass is 265 g/mol. The van der Waals surface area contributed by atoms with Crippen molar-refractivity contribution in [3.05, 3.63) is 53.0 Å². The van der Waals surface area contributed by atoms with E-state index in [0.29, 0.717) is 0 Å². The molecule has 0 unspecified atom stereocenters. The minimum Gasteiger partial charge on any atom is -0.233 e. The highest BCUT2D eigenvalue weighted by atomic mass is 15.2. The molecule has 0 saturated carbocycles. The fourth-order valence-corrected chi connectivity index (χ4v) is 2.68. The number of hydrogen-bond donors (Lipinski definition) is 0. The molecule has 102 valence electrons. The van der Waals surface area contributed by atoms with Crippen molar-refractivity contribution >= 4 is 5.65 Å². The first kappa shape index (κ1) is 12.9. The van der Waals surface area contributed by atoms with E-state index in [-0.39, 0.29) is 0 Å². The van der Waals surface area contributed by atoms with Gasteiger partial charge in [-0.15, -0.1) is 0 Å². The summed E-state index contributed by atoms with van der Waals surface area (Å²) in [6.07, 6.45) is 2.94. The quantitative estimate of drug-likeness (QED) is 0.703. The topological polar surface area (TPSA) is 30.2 Å². The minimum atomic E-state index is 0.938. The number of benzene rings is 1. The third-order valence-electron chi connectivity index (χ3n) is 3.73. The lowest BCUT2D eigenvalue weighted by Crippen LogP contribution is -1.94. The van der Waals surface area contributed by atoms with Crippen molar-refractivity contribution < 1.29 is 0 Å². The number of aryl methyl sites for hydroxylation is 4. The van der Waals surface area contributed by atoms with Gasteiger partial charge >= 0.3 is 0 Å². The molecule has 0 aliphatic heterocycles. The Morgan fingerprint density at radius 2 is 1.90 bits per heavy atom. The van der Waals surface area contributed by atoms with E-state index >= 15 is 0 Å². The van der Waals surface area contributed by atoms with Crippen LogP contribution in [0, 0.1) is 20.8 Å². The number of aromatic nitrogens is 3. The zero-order valence-electron chi connectivity index (χ0n) is 12.4. The summed E-state index contributed by atoms with van der Waals surface area (Å²) in [5.41, 5.74) is 8.01. The molecule has 3 aromatic rings. The Labute approximate surface area is 119 Å². The van der Waals surface area contributed by atoms with Crippen LogP contribution in [-0.2, 0) is 6.42 Å². The Balaban J connectivity index is 2.31. The Morgan fingerprint density at radius 3 is 2.60 bits per heavy atom. The van der Waals surface area contributed by atoms with Gasteiger partial charge in [-0.25, -0.2) is 9.50 Å². The predicted octanol–water partition coefficient (Wildman–Crippen LogP) is 3.88. The van der Waals surface area contributed by atoms with Crippen LogP contribution < -0.4 is 0 Å². The van der Waals surface area contributed by atoms with Crippen LogP contribution in [0.1, 0.15) is 29.4 Å². The molecule has 0 radical (unpaired) electrons. The highest BCUT2D eigenvalue weighted by Gasteiger charge is 2.15. The van der Waals surface area contributed by atoms with Gasteiger partial charge in [-0.3, -0.25) is 0 Å². The van der Waals surface area contributed by atoms with Crippen molar-refractivity contribution in [3.63, 3.8) is 0 Å². The zero-order chi connectivity index (χ0) is 14.3. The van der Waals surface area contributed by atoms with Gasteiger partial charge in [0.1, 0.15) is 0 Å². The number of hydrogen-bond acceptors (Lipinski definition) is 2. The zero-order valence-corrected chi connectivity index (χ0v) is 12.4. The van der Waals surface area contributed by atoms with E-state index in [1.54, 1.807) is 0 Å². The van der Waals surface area contributed by atoms with Crippen LogP contribution >= 0.6 is 0 Å². The van der Waals surface area contributed by atoms with Crippen molar-refractivity contribution in [1.82, 2.24) is 14.6 Å². The van der Waals surface area contributed by atoms with Gasteiger partial charge in [-0.1, -0.05) is 30.7 Å². The second-order valence-electron chi connectivity index (χ2n) is 5.32. The predicted molar refractivity (Wildman–Crippen MR) is 82.0 cm³/mol. The van der Waals surface area contributed by atoms with Crippen molar-refractivity contribution in [2.75, 3.05) is 0 Å². The van der Waals surface area contributed by atoms with Gasteiger partial charge in [0.2, 0.25) is 0 Å². The Morgan fingerprint density at radius 1 is 1.10 bits per heavy atom. The Kier molecular flexibility index (Phi) is 3.05. The maximum Gasteiger partial charge on any atom is 0.163 e. The summed E-state index contributed by atoms with van der Waals surface area (Å²) in [7, 11) is 0. The van der Waals surface area contributed by atoms with Crippen molar-refractivity contribution in [2.45, 2.75) is 34.1 Å². The van der Waals surface area contributed by atoms with Crippen molar-refractivity contribution in [3.8, 4) is 11.1 Å². The van der Waals surface area contributed by atoms with E-state index in [9.17, 15) is 0 Å². The van der Waals surface area contributed by atoms with Crippen LogP contribution in [0.4, 0.5) is 0 Å². The summed E-state index contributed by atoms with van der Waals surface area (Å²) >= 11 is 0. The number of rotatable bonds is 2. The molecule has 0 saturated heterocycles. The molecule has 0 bridgehead atoms. The smallest absolute Gasteiger partial charge is 0.163 e. The normalized spacial score (nSPS) is 11.2. The lowest BCUT2D eigenvalue weighted by molar-refractivity contribution is 0.896. The lowest BCUT2D eigenvalue weighted by atomic mass is 9.99. The van der Waals surface area contributed by atoms with E-state index in [2.05, 4.69) is 51.0 Å². The summed E-state index contributed by atoms with van der Waals surface area (Å²) in [4.78, 5) is 4.75. The van der Waals surface area contributed by atoms with E-state index in [4.69, 9.17) is 4.98 Å². The molecular formula is C17H19N3. The summed E-state index contributed by atoms with van der Waals surface area (Å²) in [5, 5.41) is 4.58. The molecule has 3 rings (SSSR count). The van der Waals surface area contributed by atoms with E-state index in [1.807, 2.05) is 16.8 Å². The summed E-state index contributed by atoms with van der Waals surface area (Å²) < 4.78 is 1.88. The van der Waals surface area contributed by atoms with Crippen LogP contribution in [0.2, 0.25) is 0 Å². The van der Waals surface area contributed by atoms with Gasteiger partial charge in [0, 0.05) is 17.5 Å². The second-order valence-corrected chi connectivity index (χ2v) is 5.32. The average Bonchev–Trinajstić information content (AvgIpc) is 2.74. The minimum absolute atomic E-state index is 0.938. The van der Waals surface area contributed by atoms with Crippen LogP contribution in [0.3, 0.4) is 0 Å². The van der Waals surface area contributed by atoms with Crippen molar-refractivity contribution in [1.29, 1.82) is 0 Å². The molecule has 0 N–H and O–H groups in total. The molecular weight excluding hydrogens is 246 g/mol. The van der Waals surface area contributed by atoms with E-state index < -0.39 is 0 Å². The first-order chi connectivity index (χ1) is 9.60. The van der Waals surface area contributed by atoms with Gasteiger partial charge in [-0.05, 0) is 44.4 Å². The molecule has 2 aromatic heterocycles. The van der Waals surface area contributed by atoms with Crippen molar-refractivity contribution in [2.24, 2.45) is 0 Å². The van der Waals surface area contributed by atoms with E-state index in [0.717, 1.165) is 29.0 Å². The summed E-state index contributed by atoms with van der Waals surface area (Å²) in [6, 6.07) is 8.57. The molecule has 20 heavy (non-hydrogen) atoms. The van der Waals surface area contributed by atoms with Crippen LogP contribution in [0.25, 0.3) is 16.8 Å². The molecule has 0 aliphatic carbocycles. The average molecular weight is 265 g/mol. The number of fused-ring (bicyclic) bond motifs is 1. The van der Waals surface area contributed by atoms with Gasteiger partial charge in [0.05, 0.1) is 5.69 Å². The molecule has 0 amide bonds. The second kappa shape index (κ2) is 4.75. The first-order valence-electron chi connectivity index (χ1n) is 7.02. The molecule has 1 aromatic carbocycles. The molecule has 0 fully saturated rings. The van der Waals surface area contributed by atoms with Gasteiger partial charge in [0.25, 0.3) is 0 Å². The SMILES string of the molecule is CCc1ccn2nc(C)c(-c3ccc(C)cc3C)c2n1. The van der Waals surface area contributed by atoms with E-state index in [1.165, 1.54) is 16.7 Å². The van der Waals surface area contributed by atoms with Gasteiger partial charge < -0.3 is 0 Å². The van der Waals surface area contributed by atoms with Crippen LogP contribution in [-0.4, -0.2) is 14.6 Å². The lowest BCUT2D eigenvalue weighted by Gasteiger charge is -2.07. The molecule has 0 atom stereocenters.